The molecule has 0 spiro atoms. The normalized spacial score (nSPS) is 13.3. The predicted octanol–water partition coefficient (Wildman–Crippen LogP) is 2.31. The van der Waals surface area contributed by atoms with Gasteiger partial charge < -0.3 is 9.88 Å². The summed E-state index contributed by atoms with van der Waals surface area (Å²) in [7, 11) is 0.595. The number of hydrogen-bond acceptors (Lipinski definition) is 2. The highest BCUT2D eigenvalue weighted by Gasteiger charge is 2.30. The molecule has 1 atom stereocenters. The molecule has 1 heterocycles. The molecular weight excluding hydrogens is 317 g/mol. The van der Waals surface area contributed by atoms with Crippen molar-refractivity contribution >= 4 is 27.6 Å². The van der Waals surface area contributed by atoms with Crippen LogP contribution in [0.3, 0.4) is 0 Å². The Morgan fingerprint density at radius 1 is 1.32 bits per heavy atom. The van der Waals surface area contributed by atoms with Gasteiger partial charge in [0, 0.05) is 47.3 Å². The third kappa shape index (κ3) is 3.49. The average Bonchev–Trinajstić information content (AvgIpc) is 2.74. The number of aryl methyl sites for hydroxylation is 1. The first-order valence-electron chi connectivity index (χ1n) is 6.45. The maximum absolute atomic E-state index is 12.7. The van der Waals surface area contributed by atoms with Gasteiger partial charge in [-0.15, -0.1) is 0 Å². The molecule has 8 heteroatoms. The van der Waals surface area contributed by atoms with Crippen LogP contribution in [0, 0.1) is 0 Å². The summed E-state index contributed by atoms with van der Waals surface area (Å²) in [5, 5.41) is 2.95. The molecule has 0 aliphatic heterocycles. The summed E-state index contributed by atoms with van der Waals surface area (Å²) in [6, 6.07) is 4.77. The Balaban J connectivity index is 2.30. The SMILES string of the molecule is Cn1c(C(=O)NCC[S@@](C)=O)cc2cc(C(F)(F)F)ccc21. The van der Waals surface area contributed by atoms with Crippen LogP contribution in [0.2, 0.25) is 0 Å². The zero-order valence-corrected chi connectivity index (χ0v) is 12.8. The van der Waals surface area contributed by atoms with Crippen LogP contribution < -0.4 is 5.32 Å². The maximum Gasteiger partial charge on any atom is 0.416 e. The third-order valence-corrected chi connectivity index (χ3v) is 4.06. The van der Waals surface area contributed by atoms with Crippen LogP contribution in [0.1, 0.15) is 16.1 Å². The molecule has 1 aromatic carbocycles. The van der Waals surface area contributed by atoms with Crippen LogP contribution in [0.25, 0.3) is 10.9 Å². The number of rotatable bonds is 4. The Morgan fingerprint density at radius 2 is 2.00 bits per heavy atom. The van der Waals surface area contributed by atoms with E-state index in [-0.39, 0.29) is 12.2 Å². The molecule has 0 unspecified atom stereocenters. The molecule has 22 heavy (non-hydrogen) atoms. The Morgan fingerprint density at radius 3 is 2.59 bits per heavy atom. The lowest BCUT2D eigenvalue weighted by molar-refractivity contribution is -0.137. The Hall–Kier alpha value is -1.83. The number of hydrogen-bond donors (Lipinski definition) is 1. The second kappa shape index (κ2) is 6.12. The number of carbonyl (C=O) groups is 1. The minimum Gasteiger partial charge on any atom is -0.350 e. The van der Waals surface area contributed by atoms with Gasteiger partial charge in [0.1, 0.15) is 5.69 Å². The predicted molar refractivity (Wildman–Crippen MR) is 79.2 cm³/mol. The van der Waals surface area contributed by atoms with Crippen molar-refractivity contribution < 1.29 is 22.2 Å². The number of alkyl halides is 3. The van der Waals surface area contributed by atoms with E-state index in [2.05, 4.69) is 5.32 Å². The number of nitrogens with one attached hydrogen (secondary N) is 1. The van der Waals surface area contributed by atoms with E-state index < -0.39 is 28.4 Å². The highest BCUT2D eigenvalue weighted by molar-refractivity contribution is 7.84. The summed E-state index contributed by atoms with van der Waals surface area (Å²) in [6.45, 7) is 0.247. The van der Waals surface area contributed by atoms with Gasteiger partial charge in [0.2, 0.25) is 0 Å². The van der Waals surface area contributed by atoms with E-state index in [4.69, 9.17) is 0 Å². The molecule has 0 fully saturated rings. The number of benzene rings is 1. The zero-order valence-electron chi connectivity index (χ0n) is 12.0. The van der Waals surface area contributed by atoms with Crippen molar-refractivity contribution in [1.29, 1.82) is 0 Å². The van der Waals surface area contributed by atoms with Crippen LogP contribution in [-0.4, -0.2) is 33.2 Å². The molecule has 0 aliphatic rings. The zero-order chi connectivity index (χ0) is 16.5. The van der Waals surface area contributed by atoms with Gasteiger partial charge in [0.05, 0.1) is 5.56 Å². The van der Waals surface area contributed by atoms with Crippen LogP contribution in [-0.2, 0) is 24.0 Å². The van der Waals surface area contributed by atoms with Crippen molar-refractivity contribution in [2.45, 2.75) is 6.18 Å². The van der Waals surface area contributed by atoms with Crippen molar-refractivity contribution in [3.8, 4) is 0 Å². The second-order valence-electron chi connectivity index (χ2n) is 4.89. The first-order chi connectivity index (χ1) is 10.2. The number of aromatic nitrogens is 1. The van der Waals surface area contributed by atoms with Gasteiger partial charge in [-0.25, -0.2) is 0 Å². The van der Waals surface area contributed by atoms with Gasteiger partial charge in [-0.2, -0.15) is 13.2 Å². The lowest BCUT2D eigenvalue weighted by Crippen LogP contribution is -2.28. The molecule has 120 valence electrons. The fourth-order valence-corrected chi connectivity index (χ4v) is 2.53. The molecule has 1 aromatic heterocycles. The Labute approximate surface area is 127 Å². The molecule has 2 aromatic rings. The van der Waals surface area contributed by atoms with Crippen molar-refractivity contribution in [3.63, 3.8) is 0 Å². The standard InChI is InChI=1S/C14H15F3N2O2S/c1-19-11-4-3-10(14(15,16)17)7-9(11)8-12(19)13(20)18-5-6-22(2)21/h3-4,7-8H,5-6H2,1-2H3,(H,18,20)/t22-/m1/s1. The van der Waals surface area contributed by atoms with Gasteiger partial charge in [-0.3, -0.25) is 9.00 Å². The average molecular weight is 332 g/mol. The molecule has 4 nitrogen and oxygen atoms in total. The topological polar surface area (TPSA) is 51.1 Å². The smallest absolute Gasteiger partial charge is 0.350 e. The third-order valence-electron chi connectivity index (χ3n) is 3.28. The lowest BCUT2D eigenvalue weighted by atomic mass is 10.1. The molecule has 1 N–H and O–H groups in total. The highest BCUT2D eigenvalue weighted by Crippen LogP contribution is 2.32. The summed E-state index contributed by atoms with van der Waals surface area (Å²) in [5.41, 5.74) is 0.0485. The van der Waals surface area contributed by atoms with E-state index in [0.717, 1.165) is 12.1 Å². The summed E-state index contributed by atoms with van der Waals surface area (Å²) in [4.78, 5) is 12.0. The largest absolute Gasteiger partial charge is 0.416 e. The van der Waals surface area contributed by atoms with E-state index >= 15 is 0 Å². The van der Waals surface area contributed by atoms with E-state index in [1.165, 1.54) is 23.0 Å². The minimum absolute atomic E-state index is 0.247. The van der Waals surface area contributed by atoms with E-state index in [1.807, 2.05) is 0 Å². The fourth-order valence-electron chi connectivity index (χ4n) is 2.14. The maximum atomic E-state index is 12.7. The first-order valence-corrected chi connectivity index (χ1v) is 8.18. The molecule has 0 aliphatic carbocycles. The molecule has 1 amide bonds. The Bertz CT molecular complexity index is 737. The van der Waals surface area contributed by atoms with Crippen molar-refractivity contribution in [2.75, 3.05) is 18.6 Å². The molecule has 0 saturated heterocycles. The molecule has 2 rings (SSSR count). The molecule has 0 saturated carbocycles. The molecular formula is C14H15F3N2O2S. The summed E-state index contributed by atoms with van der Waals surface area (Å²) < 4.78 is 50.6. The summed E-state index contributed by atoms with van der Waals surface area (Å²) in [5.74, 6) is -0.0776. The fraction of sp³-hybridized carbons (Fsp3) is 0.357. The number of carbonyl (C=O) groups excluding carboxylic acids is 1. The van der Waals surface area contributed by atoms with Gasteiger partial charge in [0.15, 0.2) is 0 Å². The monoisotopic (exact) mass is 332 g/mol. The molecule has 0 radical (unpaired) electrons. The van der Waals surface area contributed by atoms with Gasteiger partial charge in [-0.1, -0.05) is 0 Å². The number of nitrogens with zero attached hydrogens (tertiary/aromatic N) is 1. The number of amides is 1. The lowest BCUT2D eigenvalue weighted by Gasteiger charge is -2.07. The van der Waals surface area contributed by atoms with Gasteiger partial charge in [-0.05, 0) is 24.3 Å². The van der Waals surface area contributed by atoms with Crippen LogP contribution in [0.5, 0.6) is 0 Å². The van der Waals surface area contributed by atoms with Gasteiger partial charge >= 0.3 is 6.18 Å². The first kappa shape index (κ1) is 16.5. The van der Waals surface area contributed by atoms with Crippen molar-refractivity contribution in [2.24, 2.45) is 7.05 Å². The van der Waals surface area contributed by atoms with Crippen molar-refractivity contribution in [1.82, 2.24) is 9.88 Å². The minimum atomic E-state index is -4.42. The molecule has 0 bridgehead atoms. The van der Waals surface area contributed by atoms with Crippen LogP contribution >= 0.6 is 0 Å². The second-order valence-corrected chi connectivity index (χ2v) is 6.45. The quantitative estimate of drug-likeness (QED) is 0.934. The number of fused-ring (bicyclic) bond motifs is 1. The van der Waals surface area contributed by atoms with E-state index in [9.17, 15) is 22.2 Å². The van der Waals surface area contributed by atoms with Crippen molar-refractivity contribution in [3.05, 3.63) is 35.5 Å². The van der Waals surface area contributed by atoms with Crippen LogP contribution in [0.4, 0.5) is 13.2 Å². The summed E-state index contributed by atoms with van der Waals surface area (Å²) in [6.07, 6.45) is -2.89. The van der Waals surface area contributed by atoms with Gasteiger partial charge in [0.25, 0.3) is 5.91 Å². The van der Waals surface area contributed by atoms with E-state index in [0.29, 0.717) is 16.7 Å². The van der Waals surface area contributed by atoms with Crippen LogP contribution in [0.15, 0.2) is 24.3 Å². The Kier molecular flexibility index (Phi) is 4.60. The van der Waals surface area contributed by atoms with E-state index in [1.54, 1.807) is 7.05 Å². The summed E-state index contributed by atoms with van der Waals surface area (Å²) >= 11 is 0. The highest BCUT2D eigenvalue weighted by atomic mass is 32.2. The number of halogens is 3.